The lowest BCUT2D eigenvalue weighted by molar-refractivity contribution is -0.119. The third-order valence-electron chi connectivity index (χ3n) is 5.08. The number of pyridine rings is 1. The first kappa shape index (κ1) is 18.9. The quantitative estimate of drug-likeness (QED) is 0.447. The summed E-state index contributed by atoms with van der Waals surface area (Å²) < 4.78 is 7.99. The van der Waals surface area contributed by atoms with Gasteiger partial charge in [0.05, 0.1) is 11.8 Å². The van der Waals surface area contributed by atoms with Gasteiger partial charge in [0, 0.05) is 29.4 Å². The zero-order chi connectivity index (χ0) is 20.5. The third kappa shape index (κ3) is 3.82. The van der Waals surface area contributed by atoms with Crippen LogP contribution in [0, 0.1) is 0 Å². The first-order chi connectivity index (χ1) is 14.7. The molecule has 4 aromatic rings. The van der Waals surface area contributed by atoms with Gasteiger partial charge in [0.2, 0.25) is 5.91 Å². The highest BCUT2D eigenvalue weighted by molar-refractivity contribution is 7.99. The van der Waals surface area contributed by atoms with Gasteiger partial charge in [-0.1, -0.05) is 30.0 Å². The fourth-order valence-electron chi connectivity index (χ4n) is 3.43. The van der Waals surface area contributed by atoms with E-state index in [0.29, 0.717) is 6.04 Å². The fraction of sp³-hybridized carbons (Fsp3) is 0.273. The van der Waals surface area contributed by atoms with Gasteiger partial charge < -0.3 is 9.73 Å². The number of fused-ring (bicyclic) bond motifs is 1. The van der Waals surface area contributed by atoms with Crippen molar-refractivity contribution in [2.75, 3.05) is 5.75 Å². The lowest BCUT2D eigenvalue weighted by Gasteiger charge is -2.12. The molecule has 1 atom stereocenters. The van der Waals surface area contributed by atoms with Crippen molar-refractivity contribution in [3.63, 3.8) is 0 Å². The lowest BCUT2D eigenvalue weighted by Crippen LogP contribution is -2.28. The summed E-state index contributed by atoms with van der Waals surface area (Å²) in [6.07, 6.45) is 5.74. The number of nitrogens with one attached hydrogen (secondary N) is 1. The molecule has 0 saturated heterocycles. The van der Waals surface area contributed by atoms with Gasteiger partial charge in [-0.25, -0.2) is 0 Å². The van der Waals surface area contributed by atoms with Crippen LogP contribution >= 0.6 is 11.8 Å². The number of aromatic nitrogens is 4. The van der Waals surface area contributed by atoms with Crippen LogP contribution in [0.2, 0.25) is 0 Å². The Hall–Kier alpha value is -3.13. The van der Waals surface area contributed by atoms with Crippen molar-refractivity contribution >= 4 is 28.6 Å². The number of hydrogen-bond donors (Lipinski definition) is 1. The third-order valence-corrected chi connectivity index (χ3v) is 6.02. The van der Waals surface area contributed by atoms with Crippen LogP contribution in [-0.4, -0.2) is 31.4 Å². The van der Waals surface area contributed by atoms with Crippen molar-refractivity contribution in [3.05, 3.63) is 60.6 Å². The van der Waals surface area contributed by atoms with Gasteiger partial charge in [-0.3, -0.25) is 14.3 Å². The topological polar surface area (TPSA) is 85.8 Å². The zero-order valence-electron chi connectivity index (χ0n) is 16.5. The average Bonchev–Trinajstić information content (AvgIpc) is 3.36. The van der Waals surface area contributed by atoms with Crippen LogP contribution < -0.4 is 5.32 Å². The van der Waals surface area contributed by atoms with Crippen LogP contribution in [0.1, 0.15) is 37.6 Å². The highest BCUT2D eigenvalue weighted by Gasteiger charge is 2.30. The van der Waals surface area contributed by atoms with E-state index in [-0.39, 0.29) is 17.7 Å². The SMILES string of the molecule is CC(NC(=O)CSc1nnc(-c2cccnc2)n1C1CC1)c1cc2ccccc2o1. The molecule has 1 aliphatic rings. The van der Waals surface area contributed by atoms with Crippen molar-refractivity contribution in [1.82, 2.24) is 25.1 Å². The van der Waals surface area contributed by atoms with Gasteiger partial charge >= 0.3 is 0 Å². The maximum atomic E-state index is 12.5. The second kappa shape index (κ2) is 7.95. The molecule has 30 heavy (non-hydrogen) atoms. The highest BCUT2D eigenvalue weighted by Crippen LogP contribution is 2.40. The molecule has 0 radical (unpaired) electrons. The molecule has 0 spiro atoms. The Balaban J connectivity index is 1.26. The van der Waals surface area contributed by atoms with E-state index in [1.54, 1.807) is 12.4 Å². The maximum absolute atomic E-state index is 12.5. The van der Waals surface area contributed by atoms with Crippen LogP contribution in [0.3, 0.4) is 0 Å². The minimum Gasteiger partial charge on any atom is -0.459 e. The van der Waals surface area contributed by atoms with Crippen molar-refractivity contribution in [3.8, 4) is 11.4 Å². The van der Waals surface area contributed by atoms with Crippen LogP contribution in [0.5, 0.6) is 0 Å². The van der Waals surface area contributed by atoms with Crippen LogP contribution in [0.4, 0.5) is 0 Å². The van der Waals surface area contributed by atoms with E-state index in [2.05, 4.69) is 25.1 Å². The molecule has 1 fully saturated rings. The molecule has 7 nitrogen and oxygen atoms in total. The number of nitrogens with zero attached hydrogens (tertiary/aromatic N) is 4. The Kier molecular flexibility index (Phi) is 5.00. The van der Waals surface area contributed by atoms with E-state index < -0.39 is 0 Å². The molecule has 8 heteroatoms. The number of thioether (sulfide) groups is 1. The molecule has 1 aromatic carbocycles. The van der Waals surface area contributed by atoms with Gasteiger partial charge in [-0.05, 0) is 44.0 Å². The summed E-state index contributed by atoms with van der Waals surface area (Å²) in [4.78, 5) is 16.7. The van der Waals surface area contributed by atoms with Crippen LogP contribution in [-0.2, 0) is 4.79 Å². The molecule has 152 valence electrons. The molecular formula is C22H21N5O2S. The fourth-order valence-corrected chi connectivity index (χ4v) is 4.25. The number of benzene rings is 1. The summed E-state index contributed by atoms with van der Waals surface area (Å²) in [5, 5.41) is 13.5. The van der Waals surface area contributed by atoms with Crippen molar-refractivity contribution < 1.29 is 9.21 Å². The summed E-state index contributed by atoms with van der Waals surface area (Å²) in [6, 6.07) is 13.9. The molecular weight excluding hydrogens is 398 g/mol. The minimum atomic E-state index is -0.210. The van der Waals surface area contributed by atoms with E-state index in [4.69, 9.17) is 4.42 Å². The van der Waals surface area contributed by atoms with Crippen LogP contribution in [0.25, 0.3) is 22.4 Å². The predicted octanol–water partition coefficient (Wildman–Crippen LogP) is 4.39. The highest BCUT2D eigenvalue weighted by atomic mass is 32.2. The van der Waals surface area contributed by atoms with Gasteiger partial charge in [0.15, 0.2) is 11.0 Å². The van der Waals surface area contributed by atoms with Crippen molar-refractivity contribution in [1.29, 1.82) is 0 Å². The molecule has 1 amide bonds. The number of hydrogen-bond acceptors (Lipinski definition) is 6. The first-order valence-corrected chi connectivity index (χ1v) is 10.9. The Morgan fingerprint density at radius 3 is 2.90 bits per heavy atom. The minimum absolute atomic E-state index is 0.0683. The second-order valence-electron chi connectivity index (χ2n) is 7.41. The summed E-state index contributed by atoms with van der Waals surface area (Å²) >= 11 is 1.41. The number of rotatable bonds is 7. The van der Waals surface area contributed by atoms with Crippen molar-refractivity contribution in [2.24, 2.45) is 0 Å². The Bertz CT molecular complexity index is 1150. The van der Waals surface area contributed by atoms with Crippen LogP contribution in [0.15, 0.2) is 64.4 Å². The van der Waals surface area contributed by atoms with E-state index in [1.807, 2.05) is 49.4 Å². The molecule has 1 N–H and O–H groups in total. The van der Waals surface area contributed by atoms with E-state index in [0.717, 1.165) is 46.1 Å². The number of furan rings is 1. The van der Waals surface area contributed by atoms with Gasteiger partial charge in [0.25, 0.3) is 0 Å². The number of para-hydroxylation sites is 1. The van der Waals surface area contributed by atoms with E-state index in [9.17, 15) is 4.79 Å². The molecule has 0 bridgehead atoms. The molecule has 5 rings (SSSR count). The maximum Gasteiger partial charge on any atom is 0.231 e. The molecule has 1 unspecified atom stereocenters. The first-order valence-electron chi connectivity index (χ1n) is 9.95. The standard InChI is InChI=1S/C22H21N5O2S/c1-14(19-11-15-5-2-3-7-18(15)29-19)24-20(28)13-30-22-26-25-21(27(22)17-8-9-17)16-6-4-10-23-12-16/h2-7,10-12,14,17H,8-9,13H2,1H3,(H,24,28). The summed E-state index contributed by atoms with van der Waals surface area (Å²) in [6.45, 7) is 1.92. The van der Waals surface area contributed by atoms with Gasteiger partial charge in [0.1, 0.15) is 11.3 Å². The Morgan fingerprint density at radius 2 is 2.13 bits per heavy atom. The molecule has 3 aromatic heterocycles. The predicted molar refractivity (Wildman–Crippen MR) is 115 cm³/mol. The smallest absolute Gasteiger partial charge is 0.231 e. The van der Waals surface area contributed by atoms with Gasteiger partial charge in [-0.15, -0.1) is 10.2 Å². The number of carbonyl (C=O) groups excluding carboxylic acids is 1. The summed E-state index contributed by atoms with van der Waals surface area (Å²) in [7, 11) is 0. The average molecular weight is 420 g/mol. The summed E-state index contributed by atoms with van der Waals surface area (Å²) in [5.74, 6) is 1.75. The Labute approximate surface area is 177 Å². The largest absolute Gasteiger partial charge is 0.459 e. The van der Waals surface area contributed by atoms with E-state index in [1.165, 1.54) is 11.8 Å². The Morgan fingerprint density at radius 1 is 1.27 bits per heavy atom. The zero-order valence-corrected chi connectivity index (χ0v) is 17.3. The molecule has 3 heterocycles. The van der Waals surface area contributed by atoms with Gasteiger partial charge in [-0.2, -0.15) is 0 Å². The second-order valence-corrected chi connectivity index (χ2v) is 8.36. The normalized spacial score (nSPS) is 14.7. The van der Waals surface area contributed by atoms with Crippen molar-refractivity contribution in [2.45, 2.75) is 37.0 Å². The number of carbonyl (C=O) groups is 1. The molecule has 1 saturated carbocycles. The lowest BCUT2D eigenvalue weighted by atomic mass is 10.2. The molecule has 0 aliphatic heterocycles. The number of amides is 1. The summed E-state index contributed by atoms with van der Waals surface area (Å²) in [5.41, 5.74) is 1.76. The van der Waals surface area contributed by atoms with E-state index >= 15 is 0 Å². The molecule has 1 aliphatic carbocycles. The monoisotopic (exact) mass is 419 g/mol.